The van der Waals surface area contributed by atoms with Gasteiger partial charge in [-0.25, -0.2) is 0 Å². The van der Waals surface area contributed by atoms with Gasteiger partial charge in [-0.1, -0.05) is 48.7 Å². The van der Waals surface area contributed by atoms with Gasteiger partial charge in [-0.2, -0.15) is 0 Å². The molecule has 0 spiro atoms. The highest BCUT2D eigenvalue weighted by Gasteiger charge is 2.47. The van der Waals surface area contributed by atoms with Crippen LogP contribution in [0, 0.1) is 6.92 Å². The molecule has 2 aliphatic rings. The van der Waals surface area contributed by atoms with Crippen molar-refractivity contribution in [3.8, 4) is 0 Å². The van der Waals surface area contributed by atoms with E-state index < -0.39 is 6.04 Å². The quantitative estimate of drug-likeness (QED) is 0.669. The van der Waals surface area contributed by atoms with Crippen molar-refractivity contribution in [2.24, 2.45) is 0 Å². The van der Waals surface area contributed by atoms with E-state index in [0.717, 1.165) is 36.9 Å². The lowest BCUT2D eigenvalue weighted by Gasteiger charge is -2.30. The van der Waals surface area contributed by atoms with Gasteiger partial charge < -0.3 is 10.2 Å². The number of carbonyl (C=O) groups is 2. The minimum Gasteiger partial charge on any atom is -0.333 e. The zero-order valence-electron chi connectivity index (χ0n) is 16.8. The van der Waals surface area contributed by atoms with E-state index in [1.54, 1.807) is 11.0 Å². The molecule has 5 nitrogen and oxygen atoms in total. The molecule has 1 aliphatic heterocycles. The number of rotatable bonds is 5. The number of hydrogen-bond donors (Lipinski definition) is 1. The summed E-state index contributed by atoms with van der Waals surface area (Å²) < 4.78 is 0. The van der Waals surface area contributed by atoms with Gasteiger partial charge in [0.2, 0.25) is 5.91 Å². The Hall–Kier alpha value is -2.44. The molecular weight excluding hydrogens is 418 g/mol. The molecular formula is C23H24ClN3O2S. The van der Waals surface area contributed by atoms with Crippen molar-refractivity contribution in [1.82, 2.24) is 4.90 Å². The Bertz CT molecular complexity index is 976. The average Bonchev–Trinajstić information content (AvgIpc) is 3.32. The third kappa shape index (κ3) is 4.07. The molecule has 1 N–H and O–H groups in total. The summed E-state index contributed by atoms with van der Waals surface area (Å²) in [5.41, 5.74) is 2.29. The van der Waals surface area contributed by atoms with Crippen molar-refractivity contribution < 1.29 is 9.59 Å². The normalized spacial score (nSPS) is 19.6. The Labute approximate surface area is 187 Å². The fourth-order valence-corrected chi connectivity index (χ4v) is 4.95. The summed E-state index contributed by atoms with van der Waals surface area (Å²) in [6.45, 7) is 1.94. The van der Waals surface area contributed by atoms with E-state index in [-0.39, 0.29) is 24.3 Å². The maximum atomic E-state index is 13.4. The first-order valence-corrected chi connectivity index (χ1v) is 11.0. The van der Waals surface area contributed by atoms with Gasteiger partial charge in [0, 0.05) is 6.04 Å². The molecule has 1 saturated carbocycles. The largest absolute Gasteiger partial charge is 0.333 e. The molecule has 1 heterocycles. The van der Waals surface area contributed by atoms with Crippen LogP contribution in [0.5, 0.6) is 0 Å². The van der Waals surface area contributed by atoms with E-state index >= 15 is 0 Å². The Balaban J connectivity index is 1.58. The minimum atomic E-state index is -0.607. The van der Waals surface area contributed by atoms with Gasteiger partial charge in [-0.3, -0.25) is 14.5 Å². The number of benzene rings is 2. The number of thiocarbonyl (C=S) groups is 1. The number of aryl methyl sites for hydroxylation is 1. The van der Waals surface area contributed by atoms with Crippen molar-refractivity contribution in [3.05, 3.63) is 59.1 Å². The minimum absolute atomic E-state index is 0.0308. The van der Waals surface area contributed by atoms with Crippen molar-refractivity contribution in [3.63, 3.8) is 0 Å². The molecule has 2 aromatic rings. The molecule has 0 radical (unpaired) electrons. The Morgan fingerprint density at radius 3 is 2.57 bits per heavy atom. The number of carbonyl (C=O) groups excluding carboxylic acids is 2. The van der Waals surface area contributed by atoms with Crippen LogP contribution in [0.15, 0.2) is 48.5 Å². The lowest BCUT2D eigenvalue weighted by molar-refractivity contribution is -0.124. The monoisotopic (exact) mass is 441 g/mol. The fourth-order valence-electron chi connectivity index (χ4n) is 4.32. The second-order valence-electron chi connectivity index (χ2n) is 7.89. The number of hydrogen-bond acceptors (Lipinski definition) is 3. The van der Waals surface area contributed by atoms with Gasteiger partial charge in [-0.05, 0) is 61.8 Å². The predicted molar refractivity (Wildman–Crippen MR) is 124 cm³/mol. The lowest BCUT2D eigenvalue weighted by Crippen LogP contribution is -2.43. The zero-order valence-corrected chi connectivity index (χ0v) is 18.4. The maximum Gasteiger partial charge on any atom is 0.256 e. The molecule has 2 aromatic carbocycles. The predicted octanol–water partition coefficient (Wildman–Crippen LogP) is 4.92. The topological polar surface area (TPSA) is 52.7 Å². The first-order valence-electron chi connectivity index (χ1n) is 10.2. The summed E-state index contributed by atoms with van der Waals surface area (Å²) in [5, 5.41) is 3.83. The summed E-state index contributed by atoms with van der Waals surface area (Å²) in [4.78, 5) is 29.8. The number of amides is 2. The highest BCUT2D eigenvalue weighted by atomic mass is 35.5. The van der Waals surface area contributed by atoms with Crippen molar-refractivity contribution in [1.29, 1.82) is 0 Å². The van der Waals surface area contributed by atoms with Crippen LogP contribution >= 0.6 is 23.8 Å². The van der Waals surface area contributed by atoms with Crippen molar-refractivity contribution >= 4 is 52.1 Å². The van der Waals surface area contributed by atoms with Gasteiger partial charge in [0.05, 0.1) is 22.8 Å². The summed E-state index contributed by atoms with van der Waals surface area (Å²) in [5.74, 6) is -0.398. The van der Waals surface area contributed by atoms with Gasteiger partial charge >= 0.3 is 0 Å². The lowest BCUT2D eigenvalue weighted by atomic mass is 10.1. The van der Waals surface area contributed by atoms with Crippen LogP contribution in [0.25, 0.3) is 0 Å². The third-order valence-corrected chi connectivity index (χ3v) is 6.48. The second kappa shape index (κ2) is 8.74. The van der Waals surface area contributed by atoms with Crippen LogP contribution in [-0.4, -0.2) is 33.9 Å². The van der Waals surface area contributed by atoms with E-state index in [1.165, 1.54) is 0 Å². The number of nitrogens with one attached hydrogen (secondary N) is 1. The van der Waals surface area contributed by atoms with E-state index in [2.05, 4.69) is 5.32 Å². The van der Waals surface area contributed by atoms with Crippen LogP contribution < -0.4 is 10.2 Å². The van der Waals surface area contributed by atoms with E-state index in [9.17, 15) is 9.59 Å². The zero-order chi connectivity index (χ0) is 21.3. The van der Waals surface area contributed by atoms with Crippen LogP contribution in [0.4, 0.5) is 11.4 Å². The highest BCUT2D eigenvalue weighted by molar-refractivity contribution is 7.80. The molecule has 4 rings (SSSR count). The van der Waals surface area contributed by atoms with Gasteiger partial charge in [0.1, 0.15) is 6.04 Å². The summed E-state index contributed by atoms with van der Waals surface area (Å²) in [7, 11) is 0. The Morgan fingerprint density at radius 1 is 1.17 bits per heavy atom. The number of halogens is 1. The standard InChI is InChI=1S/C23H24ClN3O2S/c1-15-11-12-18(24)19(13-15)25-21(28)14-20-22(29)27(17-7-3-2-4-8-17)23(30)26(20)16-9-5-6-10-16/h2-4,7-8,11-13,16,20H,5-6,9-10,14H2,1H3,(H,25,28). The molecule has 0 aromatic heterocycles. The Kier molecular flexibility index (Phi) is 6.06. The maximum absolute atomic E-state index is 13.4. The van der Waals surface area contributed by atoms with Gasteiger partial charge in [-0.15, -0.1) is 0 Å². The smallest absolute Gasteiger partial charge is 0.256 e. The summed E-state index contributed by atoms with van der Waals surface area (Å²) in [6.07, 6.45) is 4.22. The molecule has 1 unspecified atom stereocenters. The van der Waals surface area contributed by atoms with E-state index in [1.807, 2.05) is 54.3 Å². The Morgan fingerprint density at radius 2 is 1.87 bits per heavy atom. The first-order chi connectivity index (χ1) is 14.5. The number of anilines is 2. The highest BCUT2D eigenvalue weighted by Crippen LogP contribution is 2.34. The summed E-state index contributed by atoms with van der Waals surface area (Å²) in [6, 6.07) is 14.4. The number of para-hydroxylation sites is 1. The average molecular weight is 442 g/mol. The SMILES string of the molecule is Cc1ccc(Cl)c(NC(=O)CC2C(=O)N(c3ccccc3)C(=S)N2C2CCCC2)c1. The first kappa shape index (κ1) is 20.8. The molecule has 2 fully saturated rings. The summed E-state index contributed by atoms with van der Waals surface area (Å²) >= 11 is 12.0. The molecule has 0 bridgehead atoms. The van der Waals surface area contributed by atoms with Crippen LogP contribution in [0.1, 0.15) is 37.7 Å². The number of nitrogens with zero attached hydrogens (tertiary/aromatic N) is 2. The van der Waals surface area contributed by atoms with Crippen molar-refractivity contribution in [2.45, 2.75) is 51.1 Å². The van der Waals surface area contributed by atoms with Crippen molar-refractivity contribution in [2.75, 3.05) is 10.2 Å². The molecule has 156 valence electrons. The van der Waals surface area contributed by atoms with Gasteiger partial charge in [0.25, 0.3) is 5.91 Å². The van der Waals surface area contributed by atoms with Crippen LogP contribution in [0.2, 0.25) is 5.02 Å². The van der Waals surface area contributed by atoms with E-state index in [4.69, 9.17) is 23.8 Å². The van der Waals surface area contributed by atoms with Crippen LogP contribution in [-0.2, 0) is 9.59 Å². The molecule has 7 heteroatoms. The molecule has 1 aliphatic carbocycles. The molecule has 1 saturated heterocycles. The van der Waals surface area contributed by atoms with Crippen LogP contribution in [0.3, 0.4) is 0 Å². The van der Waals surface area contributed by atoms with E-state index in [0.29, 0.717) is 15.8 Å². The second-order valence-corrected chi connectivity index (χ2v) is 8.66. The third-order valence-electron chi connectivity index (χ3n) is 5.76. The molecule has 1 atom stereocenters. The van der Waals surface area contributed by atoms with Gasteiger partial charge in [0.15, 0.2) is 5.11 Å². The molecule has 30 heavy (non-hydrogen) atoms. The fraction of sp³-hybridized carbons (Fsp3) is 0.348. The molecule has 2 amide bonds.